The molecular weight excluding hydrogens is 332 g/mol. The van der Waals surface area contributed by atoms with Crippen molar-refractivity contribution in [2.45, 2.75) is 19.4 Å². The highest BCUT2D eigenvalue weighted by molar-refractivity contribution is 5.74. The first-order valence-corrected chi connectivity index (χ1v) is 8.58. The van der Waals surface area contributed by atoms with Crippen LogP contribution < -0.4 is 24.8 Å². The second-order valence-corrected chi connectivity index (χ2v) is 5.75. The zero-order chi connectivity index (χ0) is 18.8. The molecule has 0 bridgehead atoms. The van der Waals surface area contributed by atoms with E-state index in [2.05, 4.69) is 10.6 Å². The van der Waals surface area contributed by atoms with Crippen molar-refractivity contribution in [3.8, 4) is 17.2 Å². The quantitative estimate of drug-likeness (QED) is 0.673. The summed E-state index contributed by atoms with van der Waals surface area (Å²) in [5, 5.41) is 5.74. The molecule has 0 saturated heterocycles. The number of urea groups is 1. The molecule has 2 N–H and O–H groups in total. The number of hydrogen-bond donors (Lipinski definition) is 2. The van der Waals surface area contributed by atoms with E-state index in [1.54, 1.807) is 14.2 Å². The number of rotatable bonds is 9. The summed E-state index contributed by atoms with van der Waals surface area (Å²) in [6.07, 6.45) is 0.729. The van der Waals surface area contributed by atoms with Crippen molar-refractivity contribution >= 4 is 6.03 Å². The van der Waals surface area contributed by atoms with Crippen LogP contribution in [0.25, 0.3) is 0 Å². The van der Waals surface area contributed by atoms with Gasteiger partial charge in [-0.3, -0.25) is 0 Å². The third kappa shape index (κ3) is 5.88. The lowest BCUT2D eigenvalue weighted by Crippen LogP contribution is -2.37. The van der Waals surface area contributed by atoms with Crippen molar-refractivity contribution in [2.24, 2.45) is 0 Å². The number of benzene rings is 2. The van der Waals surface area contributed by atoms with Crippen LogP contribution in [0.3, 0.4) is 0 Å². The second kappa shape index (κ2) is 10.2. The summed E-state index contributed by atoms with van der Waals surface area (Å²) >= 11 is 0. The summed E-state index contributed by atoms with van der Waals surface area (Å²) in [7, 11) is 3.18. The van der Waals surface area contributed by atoms with Crippen LogP contribution in [0.5, 0.6) is 17.2 Å². The predicted octanol–water partition coefficient (Wildman–Crippen LogP) is 3.53. The Morgan fingerprint density at radius 3 is 2.46 bits per heavy atom. The Bertz CT molecular complexity index is 691. The maximum absolute atomic E-state index is 12.0. The van der Waals surface area contributed by atoms with Crippen molar-refractivity contribution in [3.05, 3.63) is 54.1 Å². The van der Waals surface area contributed by atoms with Gasteiger partial charge in [0, 0.05) is 6.54 Å². The average Bonchev–Trinajstić information content (AvgIpc) is 2.67. The van der Waals surface area contributed by atoms with Gasteiger partial charge in [0.2, 0.25) is 0 Å². The Morgan fingerprint density at radius 1 is 1.04 bits per heavy atom. The van der Waals surface area contributed by atoms with E-state index in [0.717, 1.165) is 17.7 Å². The molecule has 2 aromatic rings. The third-order valence-corrected chi connectivity index (χ3v) is 3.87. The highest BCUT2D eigenvalue weighted by Crippen LogP contribution is 2.29. The van der Waals surface area contributed by atoms with Gasteiger partial charge >= 0.3 is 6.03 Å². The number of carbonyl (C=O) groups is 1. The molecule has 0 radical (unpaired) electrons. The molecular formula is C20H26N2O4. The first-order chi connectivity index (χ1) is 12.6. The fourth-order valence-electron chi connectivity index (χ4n) is 2.43. The van der Waals surface area contributed by atoms with Crippen LogP contribution in [-0.2, 0) is 0 Å². The van der Waals surface area contributed by atoms with E-state index in [1.165, 1.54) is 0 Å². The van der Waals surface area contributed by atoms with Crippen molar-refractivity contribution < 1.29 is 19.0 Å². The molecule has 2 aromatic carbocycles. The minimum absolute atomic E-state index is 0.157. The van der Waals surface area contributed by atoms with Gasteiger partial charge in [-0.05, 0) is 43.2 Å². The van der Waals surface area contributed by atoms with Crippen LogP contribution in [0.1, 0.15) is 24.9 Å². The van der Waals surface area contributed by atoms with Crippen molar-refractivity contribution in [3.63, 3.8) is 0 Å². The summed E-state index contributed by atoms with van der Waals surface area (Å²) in [6.45, 7) is 3.01. The van der Waals surface area contributed by atoms with Crippen molar-refractivity contribution in [1.29, 1.82) is 0 Å². The highest BCUT2D eigenvalue weighted by Gasteiger charge is 2.12. The van der Waals surface area contributed by atoms with Crippen molar-refractivity contribution in [1.82, 2.24) is 10.6 Å². The van der Waals surface area contributed by atoms with Gasteiger partial charge in [-0.2, -0.15) is 0 Å². The van der Waals surface area contributed by atoms with E-state index in [0.29, 0.717) is 24.7 Å². The minimum atomic E-state index is -0.216. The molecule has 0 aliphatic carbocycles. The first kappa shape index (κ1) is 19.4. The summed E-state index contributed by atoms with van der Waals surface area (Å²) < 4.78 is 16.1. The number of methoxy groups -OCH3 is 2. The smallest absolute Gasteiger partial charge is 0.315 e. The highest BCUT2D eigenvalue weighted by atomic mass is 16.5. The summed E-state index contributed by atoms with van der Waals surface area (Å²) in [4.78, 5) is 12.0. The van der Waals surface area contributed by atoms with E-state index in [1.807, 2.05) is 55.5 Å². The number of amides is 2. The fraction of sp³-hybridized carbons (Fsp3) is 0.350. The van der Waals surface area contributed by atoms with E-state index >= 15 is 0 Å². The van der Waals surface area contributed by atoms with Crippen LogP contribution in [0.2, 0.25) is 0 Å². The zero-order valence-electron chi connectivity index (χ0n) is 15.5. The molecule has 0 heterocycles. The molecule has 1 atom stereocenters. The monoisotopic (exact) mass is 358 g/mol. The zero-order valence-corrected chi connectivity index (χ0v) is 15.5. The van der Waals surface area contributed by atoms with Gasteiger partial charge in [-0.25, -0.2) is 4.79 Å². The number of ether oxygens (including phenoxy) is 3. The molecule has 1 unspecified atom stereocenters. The van der Waals surface area contributed by atoms with Gasteiger partial charge in [0.15, 0.2) is 11.5 Å². The van der Waals surface area contributed by atoms with Gasteiger partial charge in [0.05, 0.1) is 26.9 Å². The Balaban J connectivity index is 1.71. The van der Waals surface area contributed by atoms with Gasteiger partial charge in [0.25, 0.3) is 0 Å². The Hall–Kier alpha value is -2.89. The largest absolute Gasteiger partial charge is 0.494 e. The van der Waals surface area contributed by atoms with Gasteiger partial charge in [-0.1, -0.05) is 24.3 Å². The topological polar surface area (TPSA) is 68.8 Å². The van der Waals surface area contributed by atoms with Crippen molar-refractivity contribution in [2.75, 3.05) is 27.4 Å². The number of carbonyl (C=O) groups excluding carboxylic acids is 1. The molecule has 0 aromatic heterocycles. The Kier molecular flexibility index (Phi) is 7.61. The molecule has 0 aliphatic rings. The molecule has 0 fully saturated rings. The SMILES string of the molecule is COc1ccc(C(C)NC(=O)NCCCOc2ccccc2)cc1OC. The summed E-state index contributed by atoms with van der Waals surface area (Å²) in [6, 6.07) is 14.8. The maximum Gasteiger partial charge on any atom is 0.315 e. The lowest BCUT2D eigenvalue weighted by Gasteiger charge is -2.17. The minimum Gasteiger partial charge on any atom is -0.494 e. The molecule has 26 heavy (non-hydrogen) atoms. The van der Waals surface area contributed by atoms with Crippen LogP contribution in [0.4, 0.5) is 4.79 Å². The van der Waals surface area contributed by atoms with E-state index in [4.69, 9.17) is 14.2 Å². The fourth-order valence-corrected chi connectivity index (χ4v) is 2.43. The molecule has 2 amide bonds. The standard InChI is InChI=1S/C20H26N2O4/c1-15(16-10-11-18(24-2)19(14-16)25-3)22-20(23)21-12-7-13-26-17-8-5-4-6-9-17/h4-6,8-11,14-15H,7,12-13H2,1-3H3,(H2,21,22,23). The normalized spacial score (nSPS) is 11.3. The predicted molar refractivity (Wildman–Crippen MR) is 101 cm³/mol. The molecule has 0 spiro atoms. The number of nitrogens with one attached hydrogen (secondary N) is 2. The van der Waals surface area contributed by atoms with E-state index < -0.39 is 0 Å². The van der Waals surface area contributed by atoms with Gasteiger partial charge in [0.1, 0.15) is 5.75 Å². The maximum atomic E-state index is 12.0. The van der Waals surface area contributed by atoms with Crippen LogP contribution in [-0.4, -0.2) is 33.4 Å². The Morgan fingerprint density at radius 2 is 1.77 bits per heavy atom. The van der Waals surface area contributed by atoms with E-state index in [9.17, 15) is 4.79 Å². The van der Waals surface area contributed by atoms with Gasteiger partial charge < -0.3 is 24.8 Å². The molecule has 0 saturated carbocycles. The molecule has 6 nitrogen and oxygen atoms in total. The number of hydrogen-bond acceptors (Lipinski definition) is 4. The Labute approximate surface area is 154 Å². The summed E-state index contributed by atoms with van der Waals surface area (Å²) in [5.41, 5.74) is 0.935. The van der Waals surface area contributed by atoms with Crippen LogP contribution in [0.15, 0.2) is 48.5 Å². The van der Waals surface area contributed by atoms with E-state index in [-0.39, 0.29) is 12.1 Å². The average molecular weight is 358 g/mol. The molecule has 6 heteroatoms. The molecule has 140 valence electrons. The lowest BCUT2D eigenvalue weighted by atomic mass is 10.1. The lowest BCUT2D eigenvalue weighted by molar-refractivity contribution is 0.236. The molecule has 2 rings (SSSR count). The summed E-state index contributed by atoms with van der Waals surface area (Å²) in [5.74, 6) is 2.13. The second-order valence-electron chi connectivity index (χ2n) is 5.75. The van der Waals surface area contributed by atoms with Crippen LogP contribution in [0, 0.1) is 0 Å². The third-order valence-electron chi connectivity index (χ3n) is 3.87. The first-order valence-electron chi connectivity index (χ1n) is 8.58. The molecule has 0 aliphatic heterocycles. The van der Waals surface area contributed by atoms with Gasteiger partial charge in [-0.15, -0.1) is 0 Å². The number of para-hydroxylation sites is 1. The van der Waals surface area contributed by atoms with Crippen LogP contribution >= 0.6 is 0 Å².